The summed E-state index contributed by atoms with van der Waals surface area (Å²) >= 11 is 0. The number of nitrogens with one attached hydrogen (secondary N) is 2. The molecule has 2 aromatic rings. The van der Waals surface area contributed by atoms with Gasteiger partial charge < -0.3 is 11.1 Å². The monoisotopic (exact) mass is 274 g/mol. The number of hydrogen-bond acceptors (Lipinski definition) is 3. The zero-order chi connectivity index (χ0) is 14.7. The number of aromatic nitrogens is 2. The third-order valence-electron chi connectivity index (χ3n) is 3.92. The van der Waals surface area contributed by atoms with Gasteiger partial charge in [0.05, 0.1) is 5.52 Å². The molecular formula is C15H22N4O. The number of nitrogens with two attached hydrogens (primary N) is 1. The van der Waals surface area contributed by atoms with Crippen LogP contribution in [-0.2, 0) is 0 Å². The molecule has 0 aliphatic rings. The number of amides is 1. The molecule has 20 heavy (non-hydrogen) atoms. The van der Waals surface area contributed by atoms with E-state index in [4.69, 9.17) is 5.73 Å². The number of nitrogens with zero attached hydrogens (tertiary/aromatic N) is 1. The highest BCUT2D eigenvalue weighted by Crippen LogP contribution is 2.20. The number of nitrogen functional groups attached to an aromatic ring is 1. The third-order valence-corrected chi connectivity index (χ3v) is 3.92. The number of carbonyl (C=O) groups excluding carboxylic acids is 1. The normalized spacial score (nSPS) is 12.8. The lowest BCUT2D eigenvalue weighted by molar-refractivity contribution is 0.0921. The smallest absolute Gasteiger partial charge is 0.272 e. The minimum atomic E-state index is -0.152. The second-order valence-corrected chi connectivity index (χ2v) is 5.22. The Labute approximate surface area is 118 Å². The van der Waals surface area contributed by atoms with E-state index < -0.39 is 0 Å². The predicted octanol–water partition coefficient (Wildman–Crippen LogP) is 2.70. The molecule has 1 atom stereocenters. The van der Waals surface area contributed by atoms with Crippen molar-refractivity contribution in [2.45, 2.75) is 39.7 Å². The zero-order valence-corrected chi connectivity index (χ0v) is 12.2. The van der Waals surface area contributed by atoms with Gasteiger partial charge in [-0.1, -0.05) is 26.7 Å². The summed E-state index contributed by atoms with van der Waals surface area (Å²) < 4.78 is 0. The van der Waals surface area contributed by atoms with Gasteiger partial charge in [-0.15, -0.1) is 0 Å². The Morgan fingerprint density at radius 3 is 2.75 bits per heavy atom. The lowest BCUT2D eigenvalue weighted by Gasteiger charge is -2.22. The average Bonchev–Trinajstić information content (AvgIpc) is 2.82. The molecule has 0 fully saturated rings. The molecule has 0 saturated heterocycles. The highest BCUT2D eigenvalue weighted by Gasteiger charge is 2.20. The molecule has 1 amide bonds. The van der Waals surface area contributed by atoms with Gasteiger partial charge in [0.1, 0.15) is 0 Å². The van der Waals surface area contributed by atoms with Crippen LogP contribution in [0.4, 0.5) is 5.69 Å². The van der Waals surface area contributed by atoms with E-state index in [0.717, 1.165) is 23.7 Å². The SMILES string of the molecule is CCC(CC)C(C)NC(=O)c1n[nH]c2ccc(N)cc12. The number of fused-ring (bicyclic) bond motifs is 1. The molecule has 2 rings (SSSR count). The van der Waals surface area contributed by atoms with E-state index in [2.05, 4.69) is 29.4 Å². The summed E-state index contributed by atoms with van der Waals surface area (Å²) in [5.74, 6) is 0.329. The number of aromatic amines is 1. The Hall–Kier alpha value is -2.04. The van der Waals surface area contributed by atoms with E-state index in [-0.39, 0.29) is 11.9 Å². The molecule has 0 radical (unpaired) electrons. The Balaban J connectivity index is 2.21. The molecular weight excluding hydrogens is 252 g/mol. The van der Waals surface area contributed by atoms with Crippen molar-refractivity contribution >= 4 is 22.5 Å². The van der Waals surface area contributed by atoms with Crippen LogP contribution < -0.4 is 11.1 Å². The van der Waals surface area contributed by atoms with Crippen LogP contribution in [0, 0.1) is 5.92 Å². The van der Waals surface area contributed by atoms with Crippen molar-refractivity contribution in [2.75, 3.05) is 5.73 Å². The molecule has 1 aromatic carbocycles. The third kappa shape index (κ3) is 2.76. The molecule has 1 unspecified atom stereocenters. The fourth-order valence-corrected chi connectivity index (χ4v) is 2.59. The largest absolute Gasteiger partial charge is 0.399 e. The van der Waals surface area contributed by atoms with Gasteiger partial charge in [-0.2, -0.15) is 5.10 Å². The standard InChI is InChI=1S/C15H22N4O/c1-4-10(5-2)9(3)17-15(20)14-12-8-11(16)6-7-13(12)18-19-14/h6-10H,4-5,16H2,1-3H3,(H,17,20)(H,18,19). The highest BCUT2D eigenvalue weighted by molar-refractivity contribution is 6.05. The van der Waals surface area contributed by atoms with Gasteiger partial charge >= 0.3 is 0 Å². The second-order valence-electron chi connectivity index (χ2n) is 5.22. The molecule has 0 bridgehead atoms. The lowest BCUT2D eigenvalue weighted by atomic mass is 9.95. The fraction of sp³-hybridized carbons (Fsp3) is 0.467. The predicted molar refractivity (Wildman–Crippen MR) is 81.5 cm³/mol. The molecule has 108 valence electrons. The van der Waals surface area contributed by atoms with Crippen molar-refractivity contribution in [3.05, 3.63) is 23.9 Å². The van der Waals surface area contributed by atoms with Crippen LogP contribution in [0.15, 0.2) is 18.2 Å². The van der Waals surface area contributed by atoms with Gasteiger partial charge in [-0.05, 0) is 31.0 Å². The summed E-state index contributed by atoms with van der Waals surface area (Å²) in [7, 11) is 0. The van der Waals surface area contributed by atoms with Crippen molar-refractivity contribution in [3.8, 4) is 0 Å². The van der Waals surface area contributed by atoms with Crippen LogP contribution in [0.2, 0.25) is 0 Å². The molecule has 1 heterocycles. The zero-order valence-electron chi connectivity index (χ0n) is 12.2. The average molecular weight is 274 g/mol. The molecule has 0 saturated carbocycles. The molecule has 0 aliphatic carbocycles. The molecule has 5 heteroatoms. The van der Waals surface area contributed by atoms with Crippen LogP contribution in [-0.4, -0.2) is 22.1 Å². The first kappa shape index (κ1) is 14.4. The fourth-order valence-electron chi connectivity index (χ4n) is 2.59. The Bertz CT molecular complexity index is 601. The van der Waals surface area contributed by atoms with Gasteiger partial charge in [0.15, 0.2) is 5.69 Å². The highest BCUT2D eigenvalue weighted by atomic mass is 16.2. The number of rotatable bonds is 5. The van der Waals surface area contributed by atoms with Crippen LogP contribution in [0.5, 0.6) is 0 Å². The van der Waals surface area contributed by atoms with Gasteiger partial charge in [-0.3, -0.25) is 9.89 Å². The summed E-state index contributed by atoms with van der Waals surface area (Å²) in [6.07, 6.45) is 2.10. The van der Waals surface area contributed by atoms with Gasteiger partial charge in [0.2, 0.25) is 0 Å². The summed E-state index contributed by atoms with van der Waals surface area (Å²) in [6, 6.07) is 5.52. The van der Waals surface area contributed by atoms with E-state index in [1.54, 1.807) is 12.1 Å². The first-order chi connectivity index (χ1) is 9.56. The van der Waals surface area contributed by atoms with Crippen LogP contribution in [0.25, 0.3) is 10.9 Å². The van der Waals surface area contributed by atoms with E-state index in [1.165, 1.54) is 0 Å². The van der Waals surface area contributed by atoms with Crippen LogP contribution >= 0.6 is 0 Å². The van der Waals surface area contributed by atoms with Crippen molar-refractivity contribution in [1.82, 2.24) is 15.5 Å². The summed E-state index contributed by atoms with van der Waals surface area (Å²) in [6.45, 7) is 6.32. The lowest BCUT2D eigenvalue weighted by Crippen LogP contribution is -2.38. The number of carbonyl (C=O) groups is 1. The Morgan fingerprint density at radius 2 is 2.10 bits per heavy atom. The first-order valence-electron chi connectivity index (χ1n) is 7.11. The topological polar surface area (TPSA) is 83.8 Å². The minimum absolute atomic E-state index is 0.130. The molecule has 0 aliphatic heterocycles. The van der Waals surface area contributed by atoms with Crippen LogP contribution in [0.1, 0.15) is 44.1 Å². The van der Waals surface area contributed by atoms with Gasteiger partial charge in [0.25, 0.3) is 5.91 Å². The molecule has 0 spiro atoms. The maximum Gasteiger partial charge on any atom is 0.272 e. The van der Waals surface area contributed by atoms with Crippen molar-refractivity contribution in [3.63, 3.8) is 0 Å². The van der Waals surface area contributed by atoms with Gasteiger partial charge in [-0.25, -0.2) is 0 Å². The van der Waals surface area contributed by atoms with Gasteiger partial charge in [0, 0.05) is 17.1 Å². The summed E-state index contributed by atoms with van der Waals surface area (Å²) in [4.78, 5) is 12.3. The van der Waals surface area contributed by atoms with E-state index >= 15 is 0 Å². The van der Waals surface area contributed by atoms with E-state index in [9.17, 15) is 4.79 Å². The number of H-pyrrole nitrogens is 1. The van der Waals surface area contributed by atoms with Crippen molar-refractivity contribution in [2.24, 2.45) is 5.92 Å². The van der Waals surface area contributed by atoms with E-state index in [1.807, 2.05) is 13.0 Å². The Morgan fingerprint density at radius 1 is 1.40 bits per heavy atom. The number of benzene rings is 1. The molecule has 1 aromatic heterocycles. The number of hydrogen-bond donors (Lipinski definition) is 3. The maximum atomic E-state index is 12.3. The first-order valence-corrected chi connectivity index (χ1v) is 7.11. The van der Waals surface area contributed by atoms with E-state index in [0.29, 0.717) is 17.3 Å². The molecule has 4 N–H and O–H groups in total. The van der Waals surface area contributed by atoms with Crippen molar-refractivity contribution in [1.29, 1.82) is 0 Å². The summed E-state index contributed by atoms with van der Waals surface area (Å²) in [5.41, 5.74) is 7.62. The molecule has 5 nitrogen and oxygen atoms in total. The summed E-state index contributed by atoms with van der Waals surface area (Å²) in [5, 5.41) is 10.8. The van der Waals surface area contributed by atoms with Crippen molar-refractivity contribution < 1.29 is 4.79 Å². The number of anilines is 1. The minimum Gasteiger partial charge on any atom is -0.399 e. The quantitative estimate of drug-likeness (QED) is 0.733. The maximum absolute atomic E-state index is 12.3. The van der Waals surface area contributed by atoms with Crippen LogP contribution in [0.3, 0.4) is 0 Å². The second kappa shape index (κ2) is 5.94. The Kier molecular flexibility index (Phi) is 4.27.